The molecule has 1 saturated heterocycles. The molecule has 0 spiro atoms. The molecule has 1 fully saturated rings. The number of benzene rings is 1. The molecule has 1 aliphatic rings. The number of rotatable bonds is 4. The number of H-pyrrole nitrogens is 1. The van der Waals surface area contributed by atoms with Crippen LogP contribution in [0.2, 0.25) is 0 Å². The van der Waals surface area contributed by atoms with E-state index < -0.39 is 0 Å². The molecule has 1 N–H and O–H groups in total. The monoisotopic (exact) mass is 337 g/mol. The SMILES string of the molecule is Cc1cn[nH]c1C1CCCN(C(=O)CCn2cnc3ccccc32)C1. The Hall–Kier alpha value is -2.63. The smallest absolute Gasteiger partial charge is 0.224 e. The molecule has 0 radical (unpaired) electrons. The second-order valence-corrected chi connectivity index (χ2v) is 6.82. The molecule has 6 nitrogen and oxygen atoms in total. The van der Waals surface area contributed by atoms with Crippen molar-refractivity contribution >= 4 is 16.9 Å². The van der Waals surface area contributed by atoms with E-state index in [1.165, 1.54) is 11.3 Å². The Morgan fingerprint density at radius 3 is 3.08 bits per heavy atom. The number of aromatic nitrogens is 4. The normalized spacial score (nSPS) is 18.0. The zero-order chi connectivity index (χ0) is 17.2. The molecule has 4 rings (SSSR count). The average molecular weight is 337 g/mol. The van der Waals surface area contributed by atoms with Gasteiger partial charge in [0, 0.05) is 37.7 Å². The van der Waals surface area contributed by atoms with Gasteiger partial charge in [-0.05, 0) is 37.5 Å². The van der Waals surface area contributed by atoms with Crippen LogP contribution in [-0.2, 0) is 11.3 Å². The first-order chi connectivity index (χ1) is 12.2. The van der Waals surface area contributed by atoms with Crippen LogP contribution in [0.4, 0.5) is 0 Å². The number of amides is 1. The molecular formula is C19H23N5O. The van der Waals surface area contributed by atoms with E-state index in [0.717, 1.165) is 37.0 Å². The minimum atomic E-state index is 0.222. The second-order valence-electron chi connectivity index (χ2n) is 6.82. The molecule has 3 heterocycles. The molecule has 0 bridgehead atoms. The summed E-state index contributed by atoms with van der Waals surface area (Å²) in [6.45, 7) is 4.38. The van der Waals surface area contributed by atoms with E-state index in [1.807, 2.05) is 41.7 Å². The number of carbonyl (C=O) groups excluding carboxylic acids is 1. The van der Waals surface area contributed by atoms with Gasteiger partial charge in [-0.1, -0.05) is 12.1 Å². The molecule has 1 aromatic carbocycles. The van der Waals surface area contributed by atoms with Crippen molar-refractivity contribution in [2.75, 3.05) is 13.1 Å². The molecule has 130 valence electrons. The third-order valence-electron chi connectivity index (χ3n) is 5.14. The molecule has 0 aliphatic carbocycles. The van der Waals surface area contributed by atoms with Crippen molar-refractivity contribution in [2.45, 2.75) is 38.6 Å². The number of aromatic amines is 1. The van der Waals surface area contributed by atoms with Crippen molar-refractivity contribution in [3.05, 3.63) is 48.0 Å². The lowest BCUT2D eigenvalue weighted by atomic mass is 9.93. The lowest BCUT2D eigenvalue weighted by Gasteiger charge is -2.32. The molecule has 1 unspecified atom stereocenters. The molecule has 1 aliphatic heterocycles. The Morgan fingerprint density at radius 1 is 1.36 bits per heavy atom. The van der Waals surface area contributed by atoms with Crippen LogP contribution in [0.15, 0.2) is 36.8 Å². The second kappa shape index (κ2) is 6.70. The van der Waals surface area contributed by atoms with Crippen molar-refractivity contribution in [1.29, 1.82) is 0 Å². The van der Waals surface area contributed by atoms with E-state index in [9.17, 15) is 4.79 Å². The van der Waals surface area contributed by atoms with Gasteiger partial charge in [0.1, 0.15) is 0 Å². The van der Waals surface area contributed by atoms with Crippen LogP contribution in [0.5, 0.6) is 0 Å². The molecule has 1 amide bonds. The van der Waals surface area contributed by atoms with Crippen LogP contribution in [0.25, 0.3) is 11.0 Å². The molecule has 25 heavy (non-hydrogen) atoms. The summed E-state index contributed by atoms with van der Waals surface area (Å²) in [7, 11) is 0. The van der Waals surface area contributed by atoms with Crippen LogP contribution < -0.4 is 0 Å². The Morgan fingerprint density at radius 2 is 2.24 bits per heavy atom. The number of nitrogens with one attached hydrogen (secondary N) is 1. The topological polar surface area (TPSA) is 66.8 Å². The fourth-order valence-electron chi connectivity index (χ4n) is 3.77. The molecule has 1 atom stereocenters. The zero-order valence-corrected chi connectivity index (χ0v) is 14.5. The number of imidazole rings is 1. The first kappa shape index (κ1) is 15.9. The number of aryl methyl sites for hydroxylation is 2. The van der Waals surface area contributed by atoms with Crippen LogP contribution in [-0.4, -0.2) is 43.6 Å². The summed E-state index contributed by atoms with van der Waals surface area (Å²) in [6.07, 6.45) is 6.35. The van der Waals surface area contributed by atoms with Gasteiger partial charge in [0.05, 0.1) is 23.6 Å². The van der Waals surface area contributed by atoms with Crippen molar-refractivity contribution in [3.63, 3.8) is 0 Å². The van der Waals surface area contributed by atoms with Crippen LogP contribution in [0.3, 0.4) is 0 Å². The number of nitrogens with zero attached hydrogens (tertiary/aromatic N) is 4. The van der Waals surface area contributed by atoms with Gasteiger partial charge in [0.25, 0.3) is 0 Å². The van der Waals surface area contributed by atoms with Gasteiger partial charge in [-0.15, -0.1) is 0 Å². The maximum atomic E-state index is 12.7. The maximum absolute atomic E-state index is 12.7. The first-order valence-corrected chi connectivity index (χ1v) is 8.90. The highest BCUT2D eigenvalue weighted by atomic mass is 16.2. The highest BCUT2D eigenvalue weighted by Crippen LogP contribution is 2.27. The molecule has 3 aromatic rings. The largest absolute Gasteiger partial charge is 0.342 e. The lowest BCUT2D eigenvalue weighted by molar-refractivity contribution is -0.132. The number of likely N-dealkylation sites (tertiary alicyclic amines) is 1. The van der Waals surface area contributed by atoms with Gasteiger partial charge in [-0.2, -0.15) is 5.10 Å². The number of hydrogen-bond donors (Lipinski definition) is 1. The van der Waals surface area contributed by atoms with Gasteiger partial charge in [-0.25, -0.2) is 4.98 Å². The number of piperidine rings is 1. The van der Waals surface area contributed by atoms with Gasteiger partial charge < -0.3 is 9.47 Å². The predicted octanol–water partition coefficient (Wildman–Crippen LogP) is 2.86. The Labute approximate surface area is 146 Å². The molecule has 6 heteroatoms. The minimum Gasteiger partial charge on any atom is -0.342 e. The maximum Gasteiger partial charge on any atom is 0.224 e. The summed E-state index contributed by atoms with van der Waals surface area (Å²) in [4.78, 5) is 19.1. The van der Waals surface area contributed by atoms with E-state index in [-0.39, 0.29) is 5.91 Å². The van der Waals surface area contributed by atoms with Crippen LogP contribution in [0, 0.1) is 6.92 Å². The van der Waals surface area contributed by atoms with E-state index >= 15 is 0 Å². The number of carbonyl (C=O) groups is 1. The number of fused-ring (bicyclic) bond motifs is 1. The van der Waals surface area contributed by atoms with Crippen molar-refractivity contribution in [2.24, 2.45) is 0 Å². The predicted molar refractivity (Wildman–Crippen MR) is 96.2 cm³/mol. The van der Waals surface area contributed by atoms with E-state index in [4.69, 9.17) is 0 Å². The van der Waals surface area contributed by atoms with Crippen molar-refractivity contribution < 1.29 is 4.79 Å². The summed E-state index contributed by atoms with van der Waals surface area (Å²) < 4.78 is 2.06. The van der Waals surface area contributed by atoms with Gasteiger partial charge in [-0.3, -0.25) is 9.89 Å². The average Bonchev–Trinajstić information content (AvgIpc) is 3.26. The molecular weight excluding hydrogens is 314 g/mol. The van der Waals surface area contributed by atoms with Crippen molar-refractivity contribution in [3.8, 4) is 0 Å². The summed E-state index contributed by atoms with van der Waals surface area (Å²) in [6, 6.07) is 8.03. The molecule has 0 saturated carbocycles. The van der Waals surface area contributed by atoms with E-state index in [0.29, 0.717) is 18.9 Å². The van der Waals surface area contributed by atoms with E-state index in [2.05, 4.69) is 26.7 Å². The number of para-hydroxylation sites is 2. The summed E-state index contributed by atoms with van der Waals surface area (Å²) in [5, 5.41) is 7.24. The summed E-state index contributed by atoms with van der Waals surface area (Å²) >= 11 is 0. The van der Waals surface area contributed by atoms with Gasteiger partial charge in [0.2, 0.25) is 5.91 Å². The Kier molecular flexibility index (Phi) is 4.26. The summed E-state index contributed by atoms with van der Waals surface area (Å²) in [5.74, 6) is 0.592. The highest BCUT2D eigenvalue weighted by molar-refractivity contribution is 5.77. The van der Waals surface area contributed by atoms with Gasteiger partial charge >= 0.3 is 0 Å². The van der Waals surface area contributed by atoms with Gasteiger partial charge in [0.15, 0.2) is 0 Å². The first-order valence-electron chi connectivity index (χ1n) is 8.90. The zero-order valence-electron chi connectivity index (χ0n) is 14.5. The minimum absolute atomic E-state index is 0.222. The van der Waals surface area contributed by atoms with Crippen molar-refractivity contribution in [1.82, 2.24) is 24.6 Å². The lowest BCUT2D eigenvalue weighted by Crippen LogP contribution is -2.39. The molecule has 2 aromatic heterocycles. The Bertz CT molecular complexity index is 881. The quantitative estimate of drug-likeness (QED) is 0.796. The van der Waals surface area contributed by atoms with Crippen LogP contribution >= 0.6 is 0 Å². The third-order valence-corrected chi connectivity index (χ3v) is 5.14. The Balaban J connectivity index is 1.40. The number of hydrogen-bond acceptors (Lipinski definition) is 3. The summed E-state index contributed by atoms with van der Waals surface area (Å²) in [5.41, 5.74) is 4.42. The highest BCUT2D eigenvalue weighted by Gasteiger charge is 2.26. The fourth-order valence-corrected chi connectivity index (χ4v) is 3.77. The standard InChI is InChI=1S/C19H23N5O/c1-14-11-21-22-19(14)15-5-4-9-23(12-15)18(25)8-10-24-13-20-16-6-2-3-7-17(16)24/h2-3,6-7,11,13,15H,4-5,8-10,12H2,1H3,(H,21,22). The third kappa shape index (κ3) is 3.16. The van der Waals surface area contributed by atoms with E-state index in [1.54, 1.807) is 0 Å². The van der Waals surface area contributed by atoms with Crippen LogP contribution in [0.1, 0.15) is 36.4 Å². The fraction of sp³-hybridized carbons (Fsp3) is 0.421.